The van der Waals surface area contributed by atoms with Crippen molar-refractivity contribution in [1.29, 1.82) is 0 Å². The first-order chi connectivity index (χ1) is 26.1. The molecule has 4 fully saturated rings. The van der Waals surface area contributed by atoms with Crippen molar-refractivity contribution in [2.45, 2.75) is 51.7 Å². The number of amides is 2. The van der Waals surface area contributed by atoms with E-state index in [9.17, 15) is 9.59 Å². The Morgan fingerprint density at radius 2 is 1.00 bits per heavy atom. The maximum Gasteiger partial charge on any atom is 0.503 e. The Hall–Kier alpha value is -5.33. The van der Waals surface area contributed by atoms with E-state index in [1.807, 2.05) is 82.9 Å². The SMILES string of the molecule is CN=CC(=COC)[C@@H]1CC12CCN(C(=O)OCc1ccccc1)CC2.CN=CC(=COC)[C@@H]1CC12CCN(C(=O)OCc1ccccc1)CC2.O=C(O)O. The fourth-order valence-electron chi connectivity index (χ4n) is 7.61. The Bertz CT molecular complexity index is 1510. The predicted molar refractivity (Wildman–Crippen MR) is 206 cm³/mol. The number of carboxylic acid groups (broad SMARTS) is 2. The Morgan fingerprint density at radius 3 is 1.30 bits per heavy atom. The molecule has 6 rings (SSSR count). The molecule has 2 spiro atoms. The second-order valence-corrected chi connectivity index (χ2v) is 14.1. The molecule has 2 aromatic rings. The third-order valence-electron chi connectivity index (χ3n) is 10.7. The zero-order valence-corrected chi connectivity index (χ0v) is 31.8. The summed E-state index contributed by atoms with van der Waals surface area (Å²) in [5.74, 6) is 0.997. The van der Waals surface area contributed by atoms with Gasteiger partial charge in [-0.05, 0) is 72.3 Å². The maximum atomic E-state index is 12.3. The zero-order chi connectivity index (χ0) is 39.0. The van der Waals surface area contributed by atoms with Crippen LogP contribution in [0, 0.1) is 22.7 Å². The van der Waals surface area contributed by atoms with Gasteiger partial charge in [-0.3, -0.25) is 9.98 Å². The highest BCUT2D eigenvalue weighted by Gasteiger charge is 2.57. The number of methoxy groups -OCH3 is 2. The van der Waals surface area contributed by atoms with E-state index in [1.165, 1.54) is 0 Å². The van der Waals surface area contributed by atoms with Crippen LogP contribution in [0.4, 0.5) is 14.4 Å². The van der Waals surface area contributed by atoms with Gasteiger partial charge in [0.1, 0.15) is 13.2 Å². The number of allylic oxidation sites excluding steroid dienone is 2. The van der Waals surface area contributed by atoms with Gasteiger partial charge in [0.2, 0.25) is 0 Å². The molecule has 2 aromatic carbocycles. The molecular weight excluding hydrogens is 692 g/mol. The number of carbonyl (C=O) groups is 3. The van der Waals surface area contributed by atoms with Gasteiger partial charge < -0.3 is 39.0 Å². The molecule has 2 aliphatic heterocycles. The van der Waals surface area contributed by atoms with Crippen LogP contribution in [0.2, 0.25) is 0 Å². The highest BCUT2D eigenvalue weighted by atomic mass is 16.6. The van der Waals surface area contributed by atoms with E-state index in [0.717, 1.165) is 87.0 Å². The Labute approximate surface area is 318 Å². The topological polar surface area (TPSA) is 160 Å². The lowest BCUT2D eigenvalue weighted by Crippen LogP contribution is -2.40. The molecule has 2 saturated heterocycles. The molecule has 2 heterocycles. The monoisotopic (exact) mass is 746 g/mol. The van der Waals surface area contributed by atoms with Crippen LogP contribution in [-0.2, 0) is 32.2 Å². The first-order valence-corrected chi connectivity index (χ1v) is 18.2. The standard InChI is InChI=1S/2C20H26N2O3.CH2O3/c2*1-21-13-17(15-24-2)18-12-20(18)8-10-22(11-9-20)19(23)25-14-16-6-4-3-5-7-16;2-1(3)4/h2*3-7,13,15,18H,8-12,14H2,1-2H3;(H2,2,3,4)/t2*18-;/m00./s1. The number of likely N-dealkylation sites (tertiary alicyclic amines) is 2. The zero-order valence-electron chi connectivity index (χ0n) is 31.8. The van der Waals surface area contributed by atoms with E-state index in [-0.39, 0.29) is 12.2 Å². The molecule has 2 aliphatic carbocycles. The molecule has 292 valence electrons. The quantitative estimate of drug-likeness (QED) is 0.185. The first-order valence-electron chi connectivity index (χ1n) is 18.2. The summed E-state index contributed by atoms with van der Waals surface area (Å²) in [7, 11) is 6.90. The van der Waals surface area contributed by atoms with Crippen LogP contribution >= 0.6 is 0 Å². The summed E-state index contributed by atoms with van der Waals surface area (Å²) in [5, 5.41) is 13.9. The van der Waals surface area contributed by atoms with Gasteiger partial charge in [-0.1, -0.05) is 60.7 Å². The van der Waals surface area contributed by atoms with E-state index in [2.05, 4.69) is 9.98 Å². The van der Waals surface area contributed by atoms with Crippen LogP contribution in [0.1, 0.15) is 49.7 Å². The Morgan fingerprint density at radius 1 is 0.667 bits per heavy atom. The van der Waals surface area contributed by atoms with E-state index < -0.39 is 6.16 Å². The molecule has 0 radical (unpaired) electrons. The van der Waals surface area contributed by atoms with Crippen molar-refractivity contribution in [3.05, 3.63) is 95.5 Å². The molecular formula is C41H54N4O9. The molecule has 2 saturated carbocycles. The lowest BCUT2D eigenvalue weighted by atomic mass is 9.89. The summed E-state index contributed by atoms with van der Waals surface area (Å²) in [6.07, 6.45) is 11.5. The lowest BCUT2D eigenvalue weighted by Gasteiger charge is -2.32. The third kappa shape index (κ3) is 11.8. The van der Waals surface area contributed by atoms with Crippen LogP contribution < -0.4 is 0 Å². The predicted octanol–water partition coefficient (Wildman–Crippen LogP) is 7.53. The average Bonchev–Trinajstić information content (AvgIpc) is 4.08. The normalized spacial score (nSPS) is 21.0. The number of piperidine rings is 2. The van der Waals surface area contributed by atoms with Gasteiger partial charge in [0.25, 0.3) is 0 Å². The number of rotatable bonds is 10. The van der Waals surface area contributed by atoms with Crippen molar-refractivity contribution in [1.82, 2.24) is 9.80 Å². The minimum Gasteiger partial charge on any atom is -0.504 e. The fourth-order valence-corrected chi connectivity index (χ4v) is 7.61. The van der Waals surface area contributed by atoms with Crippen molar-refractivity contribution >= 4 is 30.8 Å². The highest BCUT2D eigenvalue weighted by Crippen LogP contribution is 2.63. The molecule has 13 heteroatoms. The van der Waals surface area contributed by atoms with E-state index >= 15 is 0 Å². The number of ether oxygens (including phenoxy) is 4. The van der Waals surface area contributed by atoms with Crippen LogP contribution in [0.3, 0.4) is 0 Å². The van der Waals surface area contributed by atoms with Crippen LogP contribution in [0.15, 0.2) is 94.3 Å². The second-order valence-electron chi connectivity index (χ2n) is 14.1. The van der Waals surface area contributed by atoms with Gasteiger partial charge in [0.05, 0.1) is 26.7 Å². The van der Waals surface area contributed by atoms with E-state index in [4.69, 9.17) is 34.0 Å². The summed E-state index contributed by atoms with van der Waals surface area (Å²) >= 11 is 0. The maximum absolute atomic E-state index is 12.3. The number of hydrogen-bond acceptors (Lipinski definition) is 9. The highest BCUT2D eigenvalue weighted by molar-refractivity contribution is 5.80. The van der Waals surface area contributed by atoms with Crippen LogP contribution in [0.25, 0.3) is 0 Å². The van der Waals surface area contributed by atoms with E-state index in [0.29, 0.717) is 35.9 Å². The number of nitrogens with zero attached hydrogens (tertiary/aromatic N) is 4. The molecule has 4 aliphatic rings. The van der Waals surface area contributed by atoms with Gasteiger partial charge in [-0.25, -0.2) is 14.4 Å². The average molecular weight is 747 g/mol. The summed E-state index contributed by atoms with van der Waals surface area (Å²) < 4.78 is 21.3. The molecule has 54 heavy (non-hydrogen) atoms. The second kappa shape index (κ2) is 20.2. The summed E-state index contributed by atoms with van der Waals surface area (Å²) in [5.41, 5.74) is 4.96. The van der Waals surface area contributed by atoms with Crippen LogP contribution in [-0.4, -0.2) is 105 Å². The minimum absolute atomic E-state index is 0.210. The summed E-state index contributed by atoms with van der Waals surface area (Å²) in [6, 6.07) is 19.6. The first kappa shape index (κ1) is 41.4. The number of carbonyl (C=O) groups excluding carboxylic acids is 2. The van der Waals surface area contributed by atoms with Gasteiger partial charge in [0.15, 0.2) is 0 Å². The molecule has 2 N–H and O–H groups in total. The van der Waals surface area contributed by atoms with Gasteiger partial charge >= 0.3 is 18.3 Å². The Kier molecular flexibility index (Phi) is 15.5. The Balaban J connectivity index is 0.000000219. The van der Waals surface area contributed by atoms with Crippen LogP contribution in [0.5, 0.6) is 0 Å². The molecule has 2 atom stereocenters. The fraction of sp³-hybridized carbons (Fsp3) is 0.488. The van der Waals surface area contributed by atoms with Crippen molar-refractivity contribution in [2.24, 2.45) is 32.7 Å². The van der Waals surface area contributed by atoms with Crippen molar-refractivity contribution < 1.29 is 43.5 Å². The smallest absolute Gasteiger partial charge is 0.503 e. The van der Waals surface area contributed by atoms with Crippen molar-refractivity contribution in [2.75, 3.05) is 54.5 Å². The van der Waals surface area contributed by atoms with Gasteiger partial charge in [-0.2, -0.15) is 0 Å². The summed E-state index contributed by atoms with van der Waals surface area (Å²) in [6.45, 7) is 3.69. The van der Waals surface area contributed by atoms with Crippen molar-refractivity contribution in [3.63, 3.8) is 0 Å². The third-order valence-corrected chi connectivity index (χ3v) is 10.7. The van der Waals surface area contributed by atoms with Gasteiger partial charge in [-0.15, -0.1) is 0 Å². The number of hydrogen-bond donors (Lipinski definition) is 2. The number of aliphatic imine (C=N–C) groups is 2. The van der Waals surface area contributed by atoms with Crippen molar-refractivity contribution in [3.8, 4) is 0 Å². The largest absolute Gasteiger partial charge is 0.504 e. The van der Waals surface area contributed by atoms with E-state index in [1.54, 1.807) is 40.8 Å². The number of benzene rings is 2. The molecule has 0 bridgehead atoms. The molecule has 13 nitrogen and oxygen atoms in total. The minimum atomic E-state index is -1.83. The molecule has 0 aromatic heterocycles. The molecule has 0 unspecified atom stereocenters. The van der Waals surface area contributed by atoms with Gasteiger partial charge in [0, 0.05) is 63.8 Å². The lowest BCUT2D eigenvalue weighted by molar-refractivity contribution is 0.0779. The molecule has 2 amide bonds. The summed E-state index contributed by atoms with van der Waals surface area (Å²) in [4.78, 5) is 45.0.